The second-order valence-corrected chi connectivity index (χ2v) is 9.04. The van der Waals surface area contributed by atoms with Crippen LogP contribution in [-0.2, 0) is 10.0 Å². The zero-order valence-corrected chi connectivity index (χ0v) is 18.2. The number of sulfonamides is 1. The first-order valence-corrected chi connectivity index (χ1v) is 10.9. The molecule has 3 rings (SSSR count). The maximum atomic E-state index is 12.6. The van der Waals surface area contributed by atoms with Gasteiger partial charge in [-0.15, -0.1) is 0 Å². The molecule has 2 aromatic carbocycles. The molecule has 158 valence electrons. The highest BCUT2D eigenvalue weighted by Gasteiger charge is 2.23. The molecule has 1 amide bonds. The molecule has 0 radical (unpaired) electrons. The van der Waals surface area contributed by atoms with Gasteiger partial charge in [0.25, 0.3) is 5.91 Å². The lowest BCUT2D eigenvalue weighted by molar-refractivity contribution is 0.102. The van der Waals surface area contributed by atoms with E-state index in [1.54, 1.807) is 48.1 Å². The number of hydrogen-bond donors (Lipinski definition) is 1. The van der Waals surface area contributed by atoms with Crippen molar-refractivity contribution < 1.29 is 17.9 Å². The van der Waals surface area contributed by atoms with Gasteiger partial charge >= 0.3 is 0 Å². The van der Waals surface area contributed by atoms with Gasteiger partial charge in [-0.1, -0.05) is 11.6 Å². The van der Waals surface area contributed by atoms with Gasteiger partial charge in [0.15, 0.2) is 0 Å². The van der Waals surface area contributed by atoms with Crippen LogP contribution >= 0.6 is 11.6 Å². The Morgan fingerprint density at radius 2 is 1.90 bits per heavy atom. The third kappa shape index (κ3) is 4.64. The number of nitrogens with zero attached hydrogens (tertiary/aromatic N) is 3. The van der Waals surface area contributed by atoms with E-state index in [4.69, 9.17) is 16.3 Å². The van der Waals surface area contributed by atoms with Crippen LogP contribution in [0.5, 0.6) is 5.75 Å². The van der Waals surface area contributed by atoms with E-state index < -0.39 is 15.9 Å². The van der Waals surface area contributed by atoms with Gasteiger partial charge < -0.3 is 10.1 Å². The van der Waals surface area contributed by atoms with Crippen LogP contribution in [0, 0.1) is 0 Å². The molecule has 1 N–H and O–H groups in total. The van der Waals surface area contributed by atoms with E-state index in [9.17, 15) is 13.2 Å². The van der Waals surface area contributed by atoms with E-state index in [2.05, 4.69) is 10.4 Å². The number of carbonyl (C=O) groups excluding carboxylic acids is 1. The summed E-state index contributed by atoms with van der Waals surface area (Å²) in [5.74, 6) is -0.202. The first-order chi connectivity index (χ1) is 14.2. The molecule has 0 aliphatic carbocycles. The number of hydrogen-bond acceptors (Lipinski definition) is 5. The van der Waals surface area contributed by atoms with Crippen molar-refractivity contribution in [3.05, 3.63) is 65.4 Å². The van der Waals surface area contributed by atoms with Crippen LogP contribution < -0.4 is 10.1 Å². The number of amides is 1. The predicted molar refractivity (Wildman–Crippen MR) is 115 cm³/mol. The fourth-order valence-corrected chi connectivity index (χ4v) is 3.81. The minimum Gasteiger partial charge on any atom is -0.492 e. The van der Waals surface area contributed by atoms with E-state index in [0.29, 0.717) is 22.9 Å². The van der Waals surface area contributed by atoms with Gasteiger partial charge in [-0.25, -0.2) is 17.4 Å². The van der Waals surface area contributed by atoms with Crippen LogP contribution in [0.1, 0.15) is 17.3 Å². The highest BCUT2D eigenvalue weighted by atomic mass is 35.5. The normalized spacial score (nSPS) is 11.5. The fraction of sp³-hybridized carbons (Fsp3) is 0.200. The average molecular weight is 449 g/mol. The minimum absolute atomic E-state index is 0.0241. The van der Waals surface area contributed by atoms with Crippen molar-refractivity contribution in [1.29, 1.82) is 0 Å². The smallest absolute Gasteiger partial charge is 0.258 e. The van der Waals surface area contributed by atoms with Gasteiger partial charge in [0.2, 0.25) is 10.0 Å². The van der Waals surface area contributed by atoms with Crippen molar-refractivity contribution >= 4 is 33.2 Å². The lowest BCUT2D eigenvalue weighted by atomic mass is 10.2. The van der Waals surface area contributed by atoms with Crippen LogP contribution in [0.2, 0.25) is 5.02 Å². The first kappa shape index (κ1) is 21.8. The molecule has 8 nitrogen and oxygen atoms in total. The number of benzene rings is 2. The molecule has 0 aliphatic rings. The van der Waals surface area contributed by atoms with Crippen LogP contribution in [-0.4, -0.2) is 49.1 Å². The topological polar surface area (TPSA) is 93.5 Å². The molecule has 30 heavy (non-hydrogen) atoms. The Kier molecular flexibility index (Phi) is 6.45. The Hall–Kier alpha value is -2.88. The molecular formula is C20H21ClN4O4S. The van der Waals surface area contributed by atoms with Gasteiger partial charge in [0.1, 0.15) is 10.6 Å². The molecule has 1 aromatic heterocycles. The monoisotopic (exact) mass is 448 g/mol. The maximum Gasteiger partial charge on any atom is 0.258 e. The van der Waals surface area contributed by atoms with Crippen molar-refractivity contribution in [3.63, 3.8) is 0 Å². The number of halogens is 1. The Balaban J connectivity index is 1.86. The fourth-order valence-electron chi connectivity index (χ4n) is 2.64. The Morgan fingerprint density at radius 1 is 1.20 bits per heavy atom. The molecule has 0 saturated carbocycles. The van der Waals surface area contributed by atoms with Crippen LogP contribution in [0.3, 0.4) is 0 Å². The third-order valence-electron chi connectivity index (χ3n) is 4.20. The van der Waals surface area contributed by atoms with E-state index in [-0.39, 0.29) is 10.6 Å². The van der Waals surface area contributed by atoms with Gasteiger partial charge in [-0.05, 0) is 49.4 Å². The first-order valence-electron chi connectivity index (χ1n) is 9.03. The zero-order valence-electron chi connectivity index (χ0n) is 16.7. The minimum atomic E-state index is -3.76. The summed E-state index contributed by atoms with van der Waals surface area (Å²) in [6, 6.07) is 11.5. The van der Waals surface area contributed by atoms with Crippen molar-refractivity contribution in [2.75, 3.05) is 26.0 Å². The number of anilines is 1. The summed E-state index contributed by atoms with van der Waals surface area (Å²) in [6.07, 6.45) is 3.00. The van der Waals surface area contributed by atoms with Gasteiger partial charge in [0, 0.05) is 31.0 Å². The zero-order chi connectivity index (χ0) is 21.9. The van der Waals surface area contributed by atoms with Crippen LogP contribution in [0.25, 0.3) is 5.69 Å². The molecule has 3 aromatic rings. The van der Waals surface area contributed by atoms with Crippen LogP contribution in [0.4, 0.5) is 5.69 Å². The quantitative estimate of drug-likeness (QED) is 0.597. The summed E-state index contributed by atoms with van der Waals surface area (Å²) in [5, 5.41) is 7.49. The number of carbonyl (C=O) groups is 1. The van der Waals surface area contributed by atoms with Gasteiger partial charge in [-0.2, -0.15) is 5.10 Å². The molecule has 0 unspecified atom stereocenters. The molecule has 0 saturated heterocycles. The van der Waals surface area contributed by atoms with E-state index in [1.165, 1.54) is 32.4 Å². The largest absolute Gasteiger partial charge is 0.492 e. The SMILES string of the molecule is CCOc1ccc(NC(=O)c2cnn(-c3ccc(Cl)cc3)c2)cc1S(=O)(=O)N(C)C. The van der Waals surface area contributed by atoms with Gasteiger partial charge in [-0.3, -0.25) is 4.79 Å². The lowest BCUT2D eigenvalue weighted by Crippen LogP contribution is -2.23. The second-order valence-electron chi connectivity index (χ2n) is 6.49. The maximum absolute atomic E-state index is 12.6. The average Bonchev–Trinajstić information content (AvgIpc) is 3.20. The predicted octanol–water partition coefficient (Wildman–Crippen LogP) is 3.43. The Bertz CT molecular complexity index is 1160. The van der Waals surface area contributed by atoms with Crippen molar-refractivity contribution in [2.24, 2.45) is 0 Å². The number of nitrogens with one attached hydrogen (secondary N) is 1. The summed E-state index contributed by atoms with van der Waals surface area (Å²) < 4.78 is 33.3. The van der Waals surface area contributed by atoms with Crippen molar-refractivity contribution in [3.8, 4) is 11.4 Å². The molecule has 0 bridgehead atoms. The second kappa shape index (κ2) is 8.86. The molecule has 0 aliphatic heterocycles. The van der Waals surface area contributed by atoms with Crippen molar-refractivity contribution in [1.82, 2.24) is 14.1 Å². The standard InChI is InChI=1S/C20H21ClN4O4S/c1-4-29-18-10-7-16(11-19(18)30(27,28)24(2)3)23-20(26)14-12-22-25(13-14)17-8-5-15(21)6-9-17/h5-13H,4H2,1-3H3,(H,23,26). The Morgan fingerprint density at radius 3 is 2.53 bits per heavy atom. The van der Waals surface area contributed by atoms with Gasteiger partial charge in [0.05, 0.1) is 24.1 Å². The molecule has 0 fully saturated rings. The van der Waals surface area contributed by atoms with E-state index in [1.807, 2.05) is 0 Å². The summed E-state index contributed by atoms with van der Waals surface area (Å²) in [5.41, 5.74) is 1.39. The molecule has 10 heteroatoms. The molecule has 0 atom stereocenters. The highest BCUT2D eigenvalue weighted by Crippen LogP contribution is 2.29. The molecular weight excluding hydrogens is 428 g/mol. The number of ether oxygens (including phenoxy) is 1. The molecule has 0 spiro atoms. The summed E-state index contributed by atoms with van der Waals surface area (Å²) in [4.78, 5) is 12.6. The highest BCUT2D eigenvalue weighted by molar-refractivity contribution is 7.89. The summed E-state index contributed by atoms with van der Waals surface area (Å²) >= 11 is 5.89. The Labute approximate surface area is 180 Å². The molecule has 1 heterocycles. The van der Waals surface area contributed by atoms with Crippen molar-refractivity contribution in [2.45, 2.75) is 11.8 Å². The number of rotatable bonds is 7. The van der Waals surface area contributed by atoms with E-state index in [0.717, 1.165) is 9.99 Å². The summed E-state index contributed by atoms with van der Waals surface area (Å²) in [7, 11) is -0.894. The summed E-state index contributed by atoms with van der Waals surface area (Å²) in [6.45, 7) is 2.08. The van der Waals surface area contributed by atoms with E-state index >= 15 is 0 Å². The third-order valence-corrected chi connectivity index (χ3v) is 6.28. The lowest BCUT2D eigenvalue weighted by Gasteiger charge is -2.16. The number of aromatic nitrogens is 2. The van der Waals surface area contributed by atoms with Crippen LogP contribution in [0.15, 0.2) is 59.8 Å².